The predicted octanol–water partition coefficient (Wildman–Crippen LogP) is 2.93. The molecular weight excluding hydrogens is 197 g/mol. The first-order chi connectivity index (χ1) is 6.15. The third kappa shape index (κ3) is 2.18. The molecule has 0 aliphatic rings. The number of hydrogen-bond donors (Lipinski definition) is 0. The quantitative estimate of drug-likeness (QED) is 0.390. The van der Waals surface area contributed by atoms with Gasteiger partial charge in [-0.1, -0.05) is 11.6 Å². The highest BCUT2D eigenvalue weighted by atomic mass is 35.5. The molecule has 6 heteroatoms. The van der Waals surface area contributed by atoms with Crippen LogP contribution in [0.25, 0.3) is 10.4 Å². The van der Waals surface area contributed by atoms with Gasteiger partial charge in [-0.25, -0.2) is 4.39 Å². The van der Waals surface area contributed by atoms with Crippen LogP contribution in [0.5, 0.6) is 0 Å². The minimum absolute atomic E-state index is 0.0281. The van der Waals surface area contributed by atoms with E-state index >= 15 is 0 Å². The molecule has 0 fully saturated rings. The average molecular weight is 200 g/mol. The van der Waals surface area contributed by atoms with Crippen molar-refractivity contribution in [2.45, 2.75) is 0 Å². The summed E-state index contributed by atoms with van der Waals surface area (Å²) in [5.74, 6) is -1.56. The molecule has 1 aromatic rings. The standard InChI is InChI=1S/C7H3ClFN3O/c8-5-2-1-4(3-6(5)9)7(13)11-12-10/h1-3H. The van der Waals surface area contributed by atoms with Crippen LogP contribution < -0.4 is 0 Å². The van der Waals surface area contributed by atoms with Gasteiger partial charge in [0.25, 0.3) is 0 Å². The van der Waals surface area contributed by atoms with Gasteiger partial charge in [-0.15, -0.1) is 0 Å². The first-order valence-corrected chi connectivity index (χ1v) is 3.57. The summed E-state index contributed by atoms with van der Waals surface area (Å²) in [5, 5.41) is 2.71. The number of amides is 1. The smallest absolute Gasteiger partial charge is 0.249 e. The van der Waals surface area contributed by atoms with Gasteiger partial charge < -0.3 is 0 Å². The summed E-state index contributed by atoms with van der Waals surface area (Å²) in [5.41, 5.74) is 7.91. The van der Waals surface area contributed by atoms with Crippen molar-refractivity contribution in [2.24, 2.45) is 5.11 Å². The highest BCUT2D eigenvalue weighted by molar-refractivity contribution is 6.30. The lowest BCUT2D eigenvalue weighted by molar-refractivity contribution is 0.1000. The van der Waals surface area contributed by atoms with Crippen molar-refractivity contribution in [1.82, 2.24) is 0 Å². The summed E-state index contributed by atoms with van der Waals surface area (Å²) < 4.78 is 12.8. The molecule has 0 aromatic heterocycles. The van der Waals surface area contributed by atoms with Crippen molar-refractivity contribution in [2.75, 3.05) is 0 Å². The summed E-state index contributed by atoms with van der Waals surface area (Å²) in [4.78, 5) is 13.2. The van der Waals surface area contributed by atoms with Gasteiger partial charge in [-0.05, 0) is 28.8 Å². The Hall–Kier alpha value is -1.58. The third-order valence-electron chi connectivity index (χ3n) is 1.30. The van der Waals surface area contributed by atoms with E-state index in [2.05, 4.69) is 10.0 Å². The van der Waals surface area contributed by atoms with Gasteiger partial charge in [0.2, 0.25) is 5.91 Å². The molecule has 13 heavy (non-hydrogen) atoms. The van der Waals surface area contributed by atoms with E-state index in [-0.39, 0.29) is 10.6 Å². The van der Waals surface area contributed by atoms with Gasteiger partial charge in [0.1, 0.15) is 5.82 Å². The minimum atomic E-state index is -0.835. The number of carbonyl (C=O) groups is 1. The Labute approximate surface area is 77.6 Å². The number of carbonyl (C=O) groups excluding carboxylic acids is 1. The van der Waals surface area contributed by atoms with Crippen LogP contribution in [-0.4, -0.2) is 5.91 Å². The van der Waals surface area contributed by atoms with Crippen LogP contribution in [0.2, 0.25) is 5.02 Å². The molecule has 0 heterocycles. The summed E-state index contributed by atoms with van der Waals surface area (Å²) in [6.45, 7) is 0. The zero-order valence-electron chi connectivity index (χ0n) is 6.24. The maximum Gasteiger partial charge on any atom is 0.249 e. The maximum atomic E-state index is 12.8. The normalized spacial score (nSPS) is 9.08. The lowest BCUT2D eigenvalue weighted by Crippen LogP contribution is -1.93. The van der Waals surface area contributed by atoms with Crippen molar-refractivity contribution in [1.29, 1.82) is 0 Å². The molecule has 0 spiro atoms. The number of rotatable bonds is 1. The predicted molar refractivity (Wildman–Crippen MR) is 44.9 cm³/mol. The zero-order chi connectivity index (χ0) is 9.84. The molecule has 0 saturated heterocycles. The van der Waals surface area contributed by atoms with E-state index in [0.29, 0.717) is 0 Å². The average Bonchev–Trinajstić information content (AvgIpc) is 2.10. The largest absolute Gasteiger partial charge is 0.287 e. The second-order valence-electron chi connectivity index (χ2n) is 2.12. The van der Waals surface area contributed by atoms with E-state index in [9.17, 15) is 9.18 Å². The maximum absolute atomic E-state index is 12.8. The third-order valence-corrected chi connectivity index (χ3v) is 1.61. The van der Waals surface area contributed by atoms with Crippen molar-refractivity contribution >= 4 is 17.5 Å². The molecule has 0 saturated carbocycles. The van der Waals surface area contributed by atoms with Gasteiger partial charge in [0, 0.05) is 10.5 Å². The van der Waals surface area contributed by atoms with Crippen LogP contribution in [0.3, 0.4) is 0 Å². The summed E-state index contributed by atoms with van der Waals surface area (Å²) in [6, 6.07) is 3.42. The van der Waals surface area contributed by atoms with Crippen LogP contribution in [0.4, 0.5) is 4.39 Å². The van der Waals surface area contributed by atoms with Gasteiger partial charge >= 0.3 is 0 Å². The van der Waals surface area contributed by atoms with Crippen LogP contribution in [0, 0.1) is 5.82 Å². The number of azide groups is 1. The number of halogens is 2. The van der Waals surface area contributed by atoms with E-state index in [0.717, 1.165) is 6.07 Å². The Bertz CT molecular complexity index is 401. The molecule has 1 amide bonds. The zero-order valence-corrected chi connectivity index (χ0v) is 6.99. The van der Waals surface area contributed by atoms with E-state index in [1.54, 1.807) is 0 Å². The van der Waals surface area contributed by atoms with Crippen LogP contribution in [0.1, 0.15) is 10.4 Å². The lowest BCUT2D eigenvalue weighted by Gasteiger charge is -1.96. The number of hydrogen-bond acceptors (Lipinski definition) is 1. The first-order valence-electron chi connectivity index (χ1n) is 3.19. The molecule has 0 radical (unpaired) electrons. The Balaban J connectivity index is 3.10. The Morgan fingerprint density at radius 3 is 2.85 bits per heavy atom. The second kappa shape index (κ2) is 3.89. The molecule has 4 nitrogen and oxygen atoms in total. The van der Waals surface area contributed by atoms with E-state index in [1.807, 2.05) is 0 Å². The van der Waals surface area contributed by atoms with Crippen LogP contribution in [0.15, 0.2) is 23.3 Å². The van der Waals surface area contributed by atoms with Crippen LogP contribution in [-0.2, 0) is 0 Å². The van der Waals surface area contributed by atoms with E-state index < -0.39 is 11.7 Å². The summed E-state index contributed by atoms with van der Waals surface area (Å²) in [7, 11) is 0. The lowest BCUT2D eigenvalue weighted by atomic mass is 10.2. The fraction of sp³-hybridized carbons (Fsp3) is 0. The molecule has 1 aromatic carbocycles. The fourth-order valence-electron chi connectivity index (χ4n) is 0.728. The highest BCUT2D eigenvalue weighted by Crippen LogP contribution is 2.15. The topological polar surface area (TPSA) is 65.8 Å². The van der Waals surface area contributed by atoms with E-state index in [1.165, 1.54) is 12.1 Å². The molecule has 0 N–H and O–H groups in total. The Morgan fingerprint density at radius 2 is 2.31 bits per heavy atom. The van der Waals surface area contributed by atoms with Gasteiger partial charge in [-0.3, -0.25) is 4.79 Å². The van der Waals surface area contributed by atoms with Gasteiger partial charge in [-0.2, -0.15) is 0 Å². The summed E-state index contributed by atoms with van der Waals surface area (Å²) >= 11 is 5.37. The molecular formula is C7H3ClFN3O. The molecule has 0 aliphatic heterocycles. The van der Waals surface area contributed by atoms with Crippen LogP contribution >= 0.6 is 11.6 Å². The molecule has 66 valence electrons. The molecule has 1 rings (SSSR count). The molecule has 0 unspecified atom stereocenters. The van der Waals surface area contributed by atoms with Gasteiger partial charge in [0.15, 0.2) is 0 Å². The minimum Gasteiger partial charge on any atom is -0.287 e. The molecule has 0 bridgehead atoms. The van der Waals surface area contributed by atoms with Crippen molar-refractivity contribution in [3.8, 4) is 0 Å². The Morgan fingerprint density at radius 1 is 1.62 bits per heavy atom. The second-order valence-corrected chi connectivity index (χ2v) is 2.53. The monoisotopic (exact) mass is 199 g/mol. The van der Waals surface area contributed by atoms with Crippen molar-refractivity contribution < 1.29 is 9.18 Å². The fourth-order valence-corrected chi connectivity index (χ4v) is 0.845. The SMILES string of the molecule is [N-]=[N+]=NC(=O)c1ccc(Cl)c(F)c1. The number of benzene rings is 1. The van der Waals surface area contributed by atoms with Crippen molar-refractivity contribution in [3.05, 3.63) is 45.0 Å². The number of nitrogens with zero attached hydrogens (tertiary/aromatic N) is 3. The molecule has 0 atom stereocenters. The van der Waals surface area contributed by atoms with Gasteiger partial charge in [0.05, 0.1) is 5.02 Å². The first kappa shape index (κ1) is 9.51. The molecule has 0 aliphatic carbocycles. The Kier molecular flexibility index (Phi) is 2.84. The van der Waals surface area contributed by atoms with E-state index in [4.69, 9.17) is 17.1 Å². The highest BCUT2D eigenvalue weighted by Gasteiger charge is 2.06. The van der Waals surface area contributed by atoms with Crippen molar-refractivity contribution in [3.63, 3.8) is 0 Å². The summed E-state index contributed by atoms with van der Waals surface area (Å²) in [6.07, 6.45) is 0.